The Morgan fingerprint density at radius 3 is 2.65 bits per heavy atom. The van der Waals surface area contributed by atoms with E-state index in [0.717, 1.165) is 30.8 Å². The summed E-state index contributed by atoms with van der Waals surface area (Å²) >= 11 is 0. The summed E-state index contributed by atoms with van der Waals surface area (Å²) in [5.41, 5.74) is 2.17. The quantitative estimate of drug-likeness (QED) is 0.504. The molecule has 0 saturated heterocycles. The van der Waals surface area contributed by atoms with E-state index in [0.29, 0.717) is 0 Å². The van der Waals surface area contributed by atoms with Crippen molar-refractivity contribution in [1.82, 2.24) is 0 Å². The van der Waals surface area contributed by atoms with Gasteiger partial charge in [0.1, 0.15) is 5.75 Å². The summed E-state index contributed by atoms with van der Waals surface area (Å²) in [6.07, 6.45) is 11.3. The van der Waals surface area contributed by atoms with Gasteiger partial charge in [-0.05, 0) is 36.6 Å². The Morgan fingerprint density at radius 1 is 1.18 bits per heavy atom. The minimum atomic E-state index is 0.804. The molecule has 0 aliphatic carbocycles. The Kier molecular flexibility index (Phi) is 6.25. The van der Waals surface area contributed by atoms with E-state index < -0.39 is 0 Å². The molecule has 0 spiro atoms. The average molecular weight is 230 g/mol. The maximum absolute atomic E-state index is 5.73. The minimum Gasteiger partial charge on any atom is -0.494 e. The number of unbranched alkanes of at least 4 members (excludes halogenated alkanes) is 3. The van der Waals surface area contributed by atoms with E-state index >= 15 is 0 Å². The molecule has 1 aromatic carbocycles. The molecule has 0 aromatic heterocycles. The van der Waals surface area contributed by atoms with Crippen molar-refractivity contribution in [3.8, 4) is 18.1 Å². The monoisotopic (exact) mass is 230 g/mol. The SMILES string of the molecule is C#Cc1ccc(OCCCCCC)cc1CC. The molecule has 0 atom stereocenters. The molecule has 0 amide bonds. The predicted molar refractivity (Wildman–Crippen MR) is 73.4 cm³/mol. The number of benzene rings is 1. The first kappa shape index (κ1) is 13.6. The Morgan fingerprint density at radius 2 is 2.00 bits per heavy atom. The lowest BCUT2D eigenvalue weighted by molar-refractivity contribution is 0.305. The Hall–Kier alpha value is -1.42. The van der Waals surface area contributed by atoms with Gasteiger partial charge >= 0.3 is 0 Å². The molecule has 17 heavy (non-hydrogen) atoms. The van der Waals surface area contributed by atoms with E-state index in [1.807, 2.05) is 12.1 Å². The molecule has 0 aliphatic rings. The van der Waals surface area contributed by atoms with Crippen LogP contribution in [0.25, 0.3) is 0 Å². The van der Waals surface area contributed by atoms with Gasteiger partial charge in [-0.2, -0.15) is 0 Å². The van der Waals surface area contributed by atoms with Gasteiger partial charge in [-0.25, -0.2) is 0 Å². The topological polar surface area (TPSA) is 9.23 Å². The summed E-state index contributed by atoms with van der Waals surface area (Å²) < 4.78 is 5.73. The zero-order valence-corrected chi connectivity index (χ0v) is 11.0. The summed E-state index contributed by atoms with van der Waals surface area (Å²) in [6.45, 7) is 5.13. The fraction of sp³-hybridized carbons (Fsp3) is 0.500. The maximum atomic E-state index is 5.73. The molecule has 0 fully saturated rings. The lowest BCUT2D eigenvalue weighted by atomic mass is 10.1. The van der Waals surface area contributed by atoms with E-state index in [1.54, 1.807) is 0 Å². The highest BCUT2D eigenvalue weighted by molar-refractivity contribution is 5.44. The summed E-state index contributed by atoms with van der Waals surface area (Å²) in [6, 6.07) is 6.00. The fourth-order valence-corrected chi connectivity index (χ4v) is 1.81. The zero-order chi connectivity index (χ0) is 12.5. The van der Waals surface area contributed by atoms with E-state index in [4.69, 9.17) is 11.2 Å². The van der Waals surface area contributed by atoms with Crippen LogP contribution in [0, 0.1) is 12.3 Å². The van der Waals surface area contributed by atoms with Crippen LogP contribution in [0.3, 0.4) is 0 Å². The molecule has 92 valence electrons. The van der Waals surface area contributed by atoms with Crippen molar-refractivity contribution < 1.29 is 4.74 Å². The van der Waals surface area contributed by atoms with Crippen LogP contribution in [0.4, 0.5) is 0 Å². The molecule has 0 N–H and O–H groups in total. The van der Waals surface area contributed by atoms with E-state index in [-0.39, 0.29) is 0 Å². The van der Waals surface area contributed by atoms with Crippen LogP contribution in [0.2, 0.25) is 0 Å². The molecule has 0 aliphatic heterocycles. The van der Waals surface area contributed by atoms with Crippen LogP contribution in [0.15, 0.2) is 18.2 Å². The van der Waals surface area contributed by atoms with Crippen molar-refractivity contribution in [2.24, 2.45) is 0 Å². The largest absolute Gasteiger partial charge is 0.494 e. The average Bonchev–Trinajstić information content (AvgIpc) is 2.38. The van der Waals surface area contributed by atoms with E-state index in [1.165, 1.54) is 24.8 Å². The van der Waals surface area contributed by atoms with Crippen molar-refractivity contribution in [3.05, 3.63) is 29.3 Å². The van der Waals surface area contributed by atoms with Gasteiger partial charge in [0.15, 0.2) is 0 Å². The van der Waals surface area contributed by atoms with E-state index in [2.05, 4.69) is 25.8 Å². The number of hydrogen-bond donors (Lipinski definition) is 0. The minimum absolute atomic E-state index is 0.804. The van der Waals surface area contributed by atoms with Crippen LogP contribution in [0.5, 0.6) is 5.75 Å². The third kappa shape index (κ3) is 4.53. The standard InChI is InChI=1S/C16H22O/c1-4-7-8-9-12-17-16-11-10-14(5-2)15(6-3)13-16/h2,10-11,13H,4,6-9,12H2,1,3H3. The highest BCUT2D eigenvalue weighted by Gasteiger charge is 2.01. The van der Waals surface area contributed by atoms with Crippen LogP contribution in [-0.2, 0) is 6.42 Å². The lowest BCUT2D eigenvalue weighted by Gasteiger charge is -2.08. The second-order valence-electron chi connectivity index (χ2n) is 4.23. The molecular weight excluding hydrogens is 208 g/mol. The van der Waals surface area contributed by atoms with Crippen molar-refractivity contribution >= 4 is 0 Å². The molecule has 0 bridgehead atoms. The van der Waals surface area contributed by atoms with Gasteiger partial charge in [-0.15, -0.1) is 6.42 Å². The van der Waals surface area contributed by atoms with Gasteiger partial charge < -0.3 is 4.74 Å². The maximum Gasteiger partial charge on any atom is 0.119 e. The van der Waals surface area contributed by atoms with Crippen molar-refractivity contribution in [2.45, 2.75) is 46.0 Å². The van der Waals surface area contributed by atoms with E-state index in [9.17, 15) is 0 Å². The number of aryl methyl sites for hydroxylation is 1. The van der Waals surface area contributed by atoms with Gasteiger partial charge in [0.25, 0.3) is 0 Å². The summed E-state index contributed by atoms with van der Waals surface area (Å²) in [5, 5.41) is 0. The van der Waals surface area contributed by atoms with Gasteiger partial charge in [-0.1, -0.05) is 39.0 Å². The molecular formula is C16H22O. The predicted octanol–water partition coefficient (Wildman–Crippen LogP) is 4.19. The molecule has 1 nitrogen and oxygen atoms in total. The lowest BCUT2D eigenvalue weighted by Crippen LogP contribution is -1.98. The van der Waals surface area contributed by atoms with Gasteiger partial charge in [-0.3, -0.25) is 0 Å². The first-order valence-corrected chi connectivity index (χ1v) is 6.54. The normalized spacial score (nSPS) is 9.94. The molecule has 0 radical (unpaired) electrons. The smallest absolute Gasteiger partial charge is 0.119 e. The highest BCUT2D eigenvalue weighted by Crippen LogP contribution is 2.18. The van der Waals surface area contributed by atoms with Crippen molar-refractivity contribution in [3.63, 3.8) is 0 Å². The third-order valence-corrected chi connectivity index (χ3v) is 2.88. The summed E-state index contributed by atoms with van der Waals surface area (Å²) in [4.78, 5) is 0. The van der Waals surface area contributed by atoms with Crippen LogP contribution >= 0.6 is 0 Å². The molecule has 1 aromatic rings. The first-order valence-electron chi connectivity index (χ1n) is 6.54. The Bertz CT molecular complexity index is 374. The fourth-order valence-electron chi connectivity index (χ4n) is 1.81. The number of rotatable bonds is 7. The third-order valence-electron chi connectivity index (χ3n) is 2.88. The van der Waals surface area contributed by atoms with Crippen LogP contribution < -0.4 is 4.74 Å². The summed E-state index contributed by atoms with van der Waals surface area (Å²) in [5.74, 6) is 3.64. The van der Waals surface area contributed by atoms with Gasteiger partial charge in [0, 0.05) is 5.56 Å². The number of ether oxygens (including phenoxy) is 1. The second-order valence-corrected chi connectivity index (χ2v) is 4.23. The summed E-state index contributed by atoms with van der Waals surface area (Å²) in [7, 11) is 0. The highest BCUT2D eigenvalue weighted by atomic mass is 16.5. The first-order chi connectivity index (χ1) is 8.31. The van der Waals surface area contributed by atoms with Crippen LogP contribution in [-0.4, -0.2) is 6.61 Å². The molecule has 1 rings (SSSR count). The molecule has 0 unspecified atom stereocenters. The van der Waals surface area contributed by atoms with Crippen LogP contribution in [0.1, 0.15) is 50.7 Å². The Labute approximate surface area is 105 Å². The number of terminal acetylenes is 1. The zero-order valence-electron chi connectivity index (χ0n) is 11.0. The van der Waals surface area contributed by atoms with Gasteiger partial charge in [0.05, 0.1) is 6.61 Å². The molecule has 1 heteroatoms. The van der Waals surface area contributed by atoms with Crippen molar-refractivity contribution in [2.75, 3.05) is 6.61 Å². The number of hydrogen-bond acceptors (Lipinski definition) is 1. The Balaban J connectivity index is 2.47. The molecule has 0 heterocycles. The molecule has 0 saturated carbocycles. The van der Waals surface area contributed by atoms with Gasteiger partial charge in [0.2, 0.25) is 0 Å². The second kappa shape index (κ2) is 7.79. The van der Waals surface area contributed by atoms with Crippen molar-refractivity contribution in [1.29, 1.82) is 0 Å².